The molecule has 1 saturated heterocycles. The average molecular weight is 295 g/mol. The number of hydrogen-bond acceptors (Lipinski definition) is 2. The highest BCUT2D eigenvalue weighted by Crippen LogP contribution is 2.39. The number of rotatable bonds is 5. The first-order valence-corrected chi connectivity index (χ1v) is 8.52. The summed E-state index contributed by atoms with van der Waals surface area (Å²) in [6.07, 6.45) is 4.90. The van der Waals surface area contributed by atoms with Gasteiger partial charge in [0.2, 0.25) is 0 Å². The molecule has 2 aromatic rings. The molecule has 1 unspecified atom stereocenters. The number of benzene rings is 1. The SMILES string of the molecule is Cc1cnc(C2CN(C(C)C3CC3)C2)n1Cc1ccccc1. The highest BCUT2D eigenvalue weighted by atomic mass is 15.2. The molecule has 0 spiro atoms. The van der Waals surface area contributed by atoms with Crippen molar-refractivity contribution in [1.29, 1.82) is 0 Å². The Morgan fingerprint density at radius 3 is 2.59 bits per heavy atom. The number of hydrogen-bond donors (Lipinski definition) is 0. The van der Waals surface area contributed by atoms with Gasteiger partial charge >= 0.3 is 0 Å². The first-order chi connectivity index (χ1) is 10.7. The summed E-state index contributed by atoms with van der Waals surface area (Å²) in [6.45, 7) is 7.88. The van der Waals surface area contributed by atoms with Crippen LogP contribution in [0.1, 0.15) is 42.8 Å². The van der Waals surface area contributed by atoms with Crippen molar-refractivity contribution in [2.45, 2.75) is 45.2 Å². The Balaban J connectivity index is 1.47. The van der Waals surface area contributed by atoms with Crippen LogP contribution in [0, 0.1) is 12.8 Å². The van der Waals surface area contributed by atoms with Gasteiger partial charge in [0, 0.05) is 43.5 Å². The lowest BCUT2D eigenvalue weighted by atomic mass is 9.95. The van der Waals surface area contributed by atoms with Gasteiger partial charge in [0.05, 0.1) is 0 Å². The molecule has 0 N–H and O–H groups in total. The molecule has 116 valence electrons. The van der Waals surface area contributed by atoms with E-state index < -0.39 is 0 Å². The Labute approximate surface area is 133 Å². The van der Waals surface area contributed by atoms with Crippen molar-refractivity contribution in [2.75, 3.05) is 13.1 Å². The van der Waals surface area contributed by atoms with Gasteiger partial charge in [0.15, 0.2) is 0 Å². The molecule has 2 aliphatic rings. The Morgan fingerprint density at radius 2 is 1.91 bits per heavy atom. The molecule has 1 aromatic carbocycles. The molecule has 22 heavy (non-hydrogen) atoms. The molecule has 0 radical (unpaired) electrons. The lowest BCUT2D eigenvalue weighted by molar-refractivity contribution is 0.0834. The molecule has 0 bridgehead atoms. The maximum Gasteiger partial charge on any atom is 0.114 e. The first-order valence-electron chi connectivity index (χ1n) is 8.52. The molecule has 1 aliphatic heterocycles. The smallest absolute Gasteiger partial charge is 0.114 e. The lowest BCUT2D eigenvalue weighted by Gasteiger charge is -2.43. The maximum atomic E-state index is 4.72. The van der Waals surface area contributed by atoms with E-state index >= 15 is 0 Å². The quantitative estimate of drug-likeness (QED) is 0.842. The highest BCUT2D eigenvalue weighted by molar-refractivity contribution is 5.20. The minimum absolute atomic E-state index is 0.610. The van der Waals surface area contributed by atoms with Gasteiger partial charge in [-0.05, 0) is 38.2 Å². The summed E-state index contributed by atoms with van der Waals surface area (Å²) in [5, 5.41) is 0. The summed E-state index contributed by atoms with van der Waals surface area (Å²) in [5.41, 5.74) is 2.62. The van der Waals surface area contributed by atoms with Crippen LogP contribution in [0.3, 0.4) is 0 Å². The van der Waals surface area contributed by atoms with Crippen molar-refractivity contribution in [3.05, 3.63) is 53.6 Å². The number of imidazole rings is 1. The van der Waals surface area contributed by atoms with E-state index in [0.717, 1.165) is 18.5 Å². The van der Waals surface area contributed by atoms with E-state index in [1.165, 1.54) is 43.0 Å². The van der Waals surface area contributed by atoms with E-state index in [4.69, 9.17) is 4.98 Å². The summed E-state index contributed by atoms with van der Waals surface area (Å²) in [4.78, 5) is 7.36. The monoisotopic (exact) mass is 295 g/mol. The van der Waals surface area contributed by atoms with E-state index in [1.54, 1.807) is 0 Å². The molecule has 1 saturated carbocycles. The molecule has 1 atom stereocenters. The molecule has 0 amide bonds. The zero-order valence-corrected chi connectivity index (χ0v) is 13.6. The average Bonchev–Trinajstić information content (AvgIpc) is 3.27. The van der Waals surface area contributed by atoms with Crippen molar-refractivity contribution in [2.24, 2.45) is 5.92 Å². The van der Waals surface area contributed by atoms with Crippen LogP contribution < -0.4 is 0 Å². The normalized spacial score (nSPS) is 20.8. The second-order valence-corrected chi connectivity index (χ2v) is 7.06. The van der Waals surface area contributed by atoms with Gasteiger partial charge in [-0.1, -0.05) is 30.3 Å². The van der Waals surface area contributed by atoms with E-state index in [-0.39, 0.29) is 0 Å². The van der Waals surface area contributed by atoms with Crippen LogP contribution in [0.15, 0.2) is 36.5 Å². The van der Waals surface area contributed by atoms with Gasteiger partial charge < -0.3 is 4.57 Å². The van der Waals surface area contributed by atoms with Gasteiger partial charge in [-0.15, -0.1) is 0 Å². The van der Waals surface area contributed by atoms with Gasteiger partial charge in [-0.2, -0.15) is 0 Å². The van der Waals surface area contributed by atoms with E-state index in [2.05, 4.69) is 53.6 Å². The van der Waals surface area contributed by atoms with Crippen LogP contribution in [0.2, 0.25) is 0 Å². The molecular formula is C19H25N3. The third kappa shape index (κ3) is 2.58. The minimum atomic E-state index is 0.610. The Hall–Kier alpha value is -1.61. The summed E-state index contributed by atoms with van der Waals surface area (Å²) in [7, 11) is 0. The molecular weight excluding hydrogens is 270 g/mol. The van der Waals surface area contributed by atoms with Crippen LogP contribution in [-0.2, 0) is 6.54 Å². The lowest BCUT2D eigenvalue weighted by Crippen LogP contribution is -2.51. The number of aromatic nitrogens is 2. The summed E-state index contributed by atoms with van der Waals surface area (Å²) in [5.74, 6) is 2.85. The second-order valence-electron chi connectivity index (χ2n) is 7.06. The van der Waals surface area contributed by atoms with Crippen molar-refractivity contribution < 1.29 is 0 Å². The van der Waals surface area contributed by atoms with Crippen LogP contribution in [-0.4, -0.2) is 33.6 Å². The van der Waals surface area contributed by atoms with E-state index in [0.29, 0.717) is 5.92 Å². The molecule has 3 heteroatoms. The van der Waals surface area contributed by atoms with Crippen molar-refractivity contribution in [3.8, 4) is 0 Å². The fourth-order valence-corrected chi connectivity index (χ4v) is 3.66. The zero-order valence-electron chi connectivity index (χ0n) is 13.6. The molecule has 2 heterocycles. The fraction of sp³-hybridized carbons (Fsp3) is 0.526. The fourth-order valence-electron chi connectivity index (χ4n) is 3.66. The van der Waals surface area contributed by atoms with Crippen molar-refractivity contribution in [3.63, 3.8) is 0 Å². The topological polar surface area (TPSA) is 21.1 Å². The Bertz CT molecular complexity index is 636. The van der Waals surface area contributed by atoms with E-state index in [9.17, 15) is 0 Å². The third-order valence-corrected chi connectivity index (χ3v) is 5.42. The molecule has 4 rings (SSSR count). The van der Waals surface area contributed by atoms with Crippen molar-refractivity contribution in [1.82, 2.24) is 14.5 Å². The van der Waals surface area contributed by atoms with Crippen LogP contribution in [0.5, 0.6) is 0 Å². The maximum absolute atomic E-state index is 4.72. The predicted octanol–water partition coefficient (Wildman–Crippen LogP) is 3.44. The van der Waals surface area contributed by atoms with Gasteiger partial charge in [0.25, 0.3) is 0 Å². The van der Waals surface area contributed by atoms with Crippen LogP contribution in [0.4, 0.5) is 0 Å². The summed E-state index contributed by atoms with van der Waals surface area (Å²) < 4.78 is 2.40. The second kappa shape index (κ2) is 5.54. The van der Waals surface area contributed by atoms with Crippen LogP contribution >= 0.6 is 0 Å². The predicted molar refractivity (Wildman–Crippen MR) is 89.0 cm³/mol. The van der Waals surface area contributed by atoms with Crippen LogP contribution in [0.25, 0.3) is 0 Å². The number of likely N-dealkylation sites (tertiary alicyclic amines) is 1. The highest BCUT2D eigenvalue weighted by Gasteiger charge is 2.40. The summed E-state index contributed by atoms with van der Waals surface area (Å²) >= 11 is 0. The zero-order chi connectivity index (χ0) is 15.1. The molecule has 1 aliphatic carbocycles. The Morgan fingerprint density at radius 1 is 1.18 bits per heavy atom. The van der Waals surface area contributed by atoms with Gasteiger partial charge in [0.1, 0.15) is 5.82 Å². The molecule has 3 nitrogen and oxygen atoms in total. The first kappa shape index (κ1) is 14.0. The van der Waals surface area contributed by atoms with Gasteiger partial charge in [-0.25, -0.2) is 4.98 Å². The standard InChI is InChI=1S/C19H25N3/c1-14-10-20-19(22(14)11-16-6-4-3-5-7-16)18-12-21(13-18)15(2)17-8-9-17/h3-7,10,15,17-18H,8-9,11-13H2,1-2H3. The molecule has 1 aromatic heterocycles. The summed E-state index contributed by atoms with van der Waals surface area (Å²) in [6, 6.07) is 11.5. The minimum Gasteiger partial charge on any atom is -0.328 e. The van der Waals surface area contributed by atoms with E-state index in [1.807, 2.05) is 6.20 Å². The molecule has 2 fully saturated rings. The Kier molecular flexibility index (Phi) is 3.53. The van der Waals surface area contributed by atoms with Crippen molar-refractivity contribution >= 4 is 0 Å². The number of aryl methyl sites for hydroxylation is 1. The van der Waals surface area contributed by atoms with Gasteiger partial charge in [-0.3, -0.25) is 4.90 Å². The number of nitrogens with zero attached hydrogens (tertiary/aromatic N) is 3. The third-order valence-electron chi connectivity index (χ3n) is 5.42. The largest absolute Gasteiger partial charge is 0.328 e.